The second-order valence-corrected chi connectivity index (χ2v) is 5.11. The van der Waals surface area contributed by atoms with E-state index in [0.29, 0.717) is 5.69 Å². The van der Waals surface area contributed by atoms with E-state index in [-0.39, 0.29) is 11.3 Å². The van der Waals surface area contributed by atoms with Crippen molar-refractivity contribution in [2.24, 2.45) is 0 Å². The molecule has 0 heterocycles. The van der Waals surface area contributed by atoms with Crippen LogP contribution < -0.4 is 10.6 Å². The summed E-state index contributed by atoms with van der Waals surface area (Å²) in [6.07, 6.45) is 1.94. The SMILES string of the molecule is CSc1cccc(NC(=O)Nc2cccc(F)c2CO)c1. The number of urea groups is 1. The van der Waals surface area contributed by atoms with E-state index in [2.05, 4.69) is 10.6 Å². The van der Waals surface area contributed by atoms with Gasteiger partial charge in [0.2, 0.25) is 0 Å². The van der Waals surface area contributed by atoms with Gasteiger partial charge in [0.1, 0.15) is 5.82 Å². The van der Waals surface area contributed by atoms with E-state index in [9.17, 15) is 9.18 Å². The molecular formula is C15H15FN2O2S. The van der Waals surface area contributed by atoms with Crippen LogP contribution in [-0.4, -0.2) is 17.4 Å². The molecule has 0 bridgehead atoms. The fourth-order valence-corrected chi connectivity index (χ4v) is 2.28. The Morgan fingerprint density at radius 3 is 2.71 bits per heavy atom. The average Bonchev–Trinajstić information content (AvgIpc) is 2.47. The second-order valence-electron chi connectivity index (χ2n) is 4.24. The molecule has 0 atom stereocenters. The first-order chi connectivity index (χ1) is 10.1. The van der Waals surface area contributed by atoms with Gasteiger partial charge in [0.05, 0.1) is 12.3 Å². The van der Waals surface area contributed by atoms with Crippen LogP contribution in [-0.2, 0) is 6.61 Å². The molecule has 0 aliphatic carbocycles. The van der Waals surface area contributed by atoms with E-state index < -0.39 is 18.5 Å². The number of thioether (sulfide) groups is 1. The van der Waals surface area contributed by atoms with E-state index in [1.807, 2.05) is 24.5 Å². The monoisotopic (exact) mass is 306 g/mol. The lowest BCUT2D eigenvalue weighted by Crippen LogP contribution is -2.20. The number of aliphatic hydroxyl groups excluding tert-OH is 1. The molecule has 0 aliphatic rings. The Morgan fingerprint density at radius 2 is 2.00 bits per heavy atom. The van der Waals surface area contributed by atoms with Gasteiger partial charge in [0.15, 0.2) is 0 Å². The third-order valence-corrected chi connectivity index (χ3v) is 3.58. The molecule has 6 heteroatoms. The maximum Gasteiger partial charge on any atom is 0.323 e. The molecule has 0 aliphatic heterocycles. The first-order valence-corrected chi connectivity index (χ1v) is 7.47. The lowest BCUT2D eigenvalue weighted by atomic mass is 10.2. The van der Waals surface area contributed by atoms with Gasteiger partial charge >= 0.3 is 6.03 Å². The lowest BCUT2D eigenvalue weighted by Gasteiger charge is -2.11. The van der Waals surface area contributed by atoms with Crippen molar-refractivity contribution in [2.75, 3.05) is 16.9 Å². The molecule has 0 unspecified atom stereocenters. The number of carbonyl (C=O) groups excluding carboxylic acids is 1. The zero-order valence-corrected chi connectivity index (χ0v) is 12.2. The van der Waals surface area contributed by atoms with Gasteiger partial charge in [-0.3, -0.25) is 0 Å². The van der Waals surface area contributed by atoms with Gasteiger partial charge < -0.3 is 15.7 Å². The standard InChI is InChI=1S/C15H15FN2O2S/c1-21-11-5-2-4-10(8-11)17-15(20)18-14-7-3-6-13(16)12(14)9-19/h2-8,19H,9H2,1H3,(H2,17,18,20). The number of nitrogens with one attached hydrogen (secondary N) is 2. The van der Waals surface area contributed by atoms with Gasteiger partial charge in [-0.1, -0.05) is 12.1 Å². The van der Waals surface area contributed by atoms with Crippen molar-refractivity contribution in [2.45, 2.75) is 11.5 Å². The van der Waals surface area contributed by atoms with E-state index in [1.54, 1.807) is 17.8 Å². The number of hydrogen-bond acceptors (Lipinski definition) is 3. The van der Waals surface area contributed by atoms with Crippen molar-refractivity contribution in [1.82, 2.24) is 0 Å². The third kappa shape index (κ3) is 3.96. The van der Waals surface area contributed by atoms with Gasteiger partial charge in [-0.25, -0.2) is 9.18 Å². The summed E-state index contributed by atoms with van der Waals surface area (Å²) in [6, 6.07) is 11.1. The minimum Gasteiger partial charge on any atom is -0.391 e. The molecule has 4 nitrogen and oxygen atoms in total. The summed E-state index contributed by atoms with van der Waals surface area (Å²) in [7, 11) is 0. The summed E-state index contributed by atoms with van der Waals surface area (Å²) in [5.41, 5.74) is 0.947. The van der Waals surface area contributed by atoms with Crippen LogP contribution in [0, 0.1) is 5.82 Å². The van der Waals surface area contributed by atoms with Crippen molar-refractivity contribution in [3.8, 4) is 0 Å². The van der Waals surface area contributed by atoms with Crippen LogP contribution in [0.3, 0.4) is 0 Å². The van der Waals surface area contributed by atoms with E-state index in [1.165, 1.54) is 18.2 Å². The van der Waals surface area contributed by atoms with Gasteiger partial charge in [0.25, 0.3) is 0 Å². The zero-order valence-electron chi connectivity index (χ0n) is 11.4. The number of amides is 2. The van der Waals surface area contributed by atoms with Crippen molar-refractivity contribution in [3.05, 3.63) is 53.8 Å². The van der Waals surface area contributed by atoms with Gasteiger partial charge in [-0.05, 0) is 36.6 Å². The molecule has 2 aromatic rings. The molecule has 0 spiro atoms. The van der Waals surface area contributed by atoms with Crippen LogP contribution in [0.1, 0.15) is 5.56 Å². The highest BCUT2D eigenvalue weighted by Crippen LogP contribution is 2.21. The molecule has 0 fully saturated rings. The summed E-state index contributed by atoms with van der Waals surface area (Å²) in [6.45, 7) is -0.482. The Bertz CT molecular complexity index is 649. The molecule has 21 heavy (non-hydrogen) atoms. The maximum atomic E-state index is 13.5. The number of halogens is 1. The zero-order chi connectivity index (χ0) is 15.2. The number of aliphatic hydroxyl groups is 1. The largest absolute Gasteiger partial charge is 0.391 e. The number of hydrogen-bond donors (Lipinski definition) is 3. The highest BCUT2D eigenvalue weighted by Gasteiger charge is 2.10. The van der Waals surface area contributed by atoms with Crippen LogP contribution in [0.15, 0.2) is 47.4 Å². The first kappa shape index (κ1) is 15.3. The number of rotatable bonds is 4. The Morgan fingerprint density at radius 1 is 1.24 bits per heavy atom. The normalized spacial score (nSPS) is 10.2. The summed E-state index contributed by atoms with van der Waals surface area (Å²) < 4.78 is 13.5. The quantitative estimate of drug-likeness (QED) is 0.755. The molecule has 2 rings (SSSR count). The molecule has 3 N–H and O–H groups in total. The molecule has 0 radical (unpaired) electrons. The van der Waals surface area contributed by atoms with Crippen LogP contribution in [0.2, 0.25) is 0 Å². The van der Waals surface area contributed by atoms with Crippen LogP contribution >= 0.6 is 11.8 Å². The van der Waals surface area contributed by atoms with Gasteiger partial charge in [-0.15, -0.1) is 11.8 Å². The molecule has 0 saturated heterocycles. The van der Waals surface area contributed by atoms with Crippen molar-refractivity contribution >= 4 is 29.2 Å². The molecule has 2 aromatic carbocycles. The van der Waals surface area contributed by atoms with E-state index in [0.717, 1.165) is 4.90 Å². The van der Waals surface area contributed by atoms with Crippen LogP contribution in [0.25, 0.3) is 0 Å². The molecular weight excluding hydrogens is 291 g/mol. The van der Waals surface area contributed by atoms with Gasteiger partial charge in [0, 0.05) is 16.1 Å². The Hall–Kier alpha value is -2.05. The lowest BCUT2D eigenvalue weighted by molar-refractivity contribution is 0.261. The number of anilines is 2. The third-order valence-electron chi connectivity index (χ3n) is 2.85. The summed E-state index contributed by atoms with van der Waals surface area (Å²) in [4.78, 5) is 13.0. The van der Waals surface area contributed by atoms with Crippen molar-refractivity contribution in [3.63, 3.8) is 0 Å². The smallest absolute Gasteiger partial charge is 0.323 e. The number of carbonyl (C=O) groups is 1. The molecule has 110 valence electrons. The van der Waals surface area contributed by atoms with E-state index in [4.69, 9.17) is 5.11 Å². The number of benzene rings is 2. The predicted molar refractivity (Wildman–Crippen MR) is 83.2 cm³/mol. The Balaban J connectivity index is 2.10. The van der Waals surface area contributed by atoms with Crippen LogP contribution in [0.4, 0.5) is 20.6 Å². The Labute approximate surface area is 126 Å². The fraction of sp³-hybridized carbons (Fsp3) is 0.133. The summed E-state index contributed by atoms with van der Waals surface area (Å²) >= 11 is 1.57. The summed E-state index contributed by atoms with van der Waals surface area (Å²) in [5, 5.41) is 14.4. The molecule has 2 amide bonds. The minimum atomic E-state index is -0.556. The first-order valence-electron chi connectivity index (χ1n) is 6.24. The Kier molecular flexibility index (Phi) is 5.19. The molecule has 0 aromatic heterocycles. The van der Waals surface area contributed by atoms with Crippen molar-refractivity contribution in [1.29, 1.82) is 0 Å². The fourth-order valence-electron chi connectivity index (χ4n) is 1.82. The highest BCUT2D eigenvalue weighted by atomic mass is 32.2. The van der Waals surface area contributed by atoms with E-state index >= 15 is 0 Å². The topological polar surface area (TPSA) is 61.4 Å². The second kappa shape index (κ2) is 7.10. The minimum absolute atomic E-state index is 0.0607. The van der Waals surface area contributed by atoms with Gasteiger partial charge in [-0.2, -0.15) is 0 Å². The highest BCUT2D eigenvalue weighted by molar-refractivity contribution is 7.98. The average molecular weight is 306 g/mol. The maximum absolute atomic E-state index is 13.5. The van der Waals surface area contributed by atoms with Crippen LogP contribution in [0.5, 0.6) is 0 Å². The summed E-state index contributed by atoms with van der Waals surface area (Å²) in [5.74, 6) is -0.556. The molecule has 0 saturated carbocycles. The predicted octanol–water partition coefficient (Wildman–Crippen LogP) is 3.68. The van der Waals surface area contributed by atoms with Crippen molar-refractivity contribution < 1.29 is 14.3 Å².